The Morgan fingerprint density at radius 1 is 0.919 bits per heavy atom. The van der Waals surface area contributed by atoms with E-state index in [1.807, 2.05) is 24.4 Å². The van der Waals surface area contributed by atoms with E-state index < -0.39 is 15.2 Å². The molecule has 37 heavy (non-hydrogen) atoms. The van der Waals surface area contributed by atoms with Crippen LogP contribution in [0.5, 0.6) is 0 Å². The lowest BCUT2D eigenvalue weighted by Gasteiger charge is -2.44. The van der Waals surface area contributed by atoms with Gasteiger partial charge in [-0.3, -0.25) is 4.90 Å². The van der Waals surface area contributed by atoms with Crippen LogP contribution in [0.1, 0.15) is 17.5 Å². The Hall–Kier alpha value is -3.80. The van der Waals surface area contributed by atoms with E-state index in [2.05, 4.69) is 56.5 Å². The first-order chi connectivity index (χ1) is 18.0. The molecule has 0 saturated carbocycles. The van der Waals surface area contributed by atoms with E-state index in [9.17, 15) is 13.7 Å². The second-order valence-corrected chi connectivity index (χ2v) is 11.8. The summed E-state index contributed by atoms with van der Waals surface area (Å²) in [4.78, 5) is 8.02. The van der Waals surface area contributed by atoms with Crippen molar-refractivity contribution < 1.29 is 8.42 Å². The van der Waals surface area contributed by atoms with Crippen LogP contribution in [-0.4, -0.2) is 55.9 Å². The molecule has 4 aromatic rings. The van der Waals surface area contributed by atoms with Crippen molar-refractivity contribution in [3.8, 4) is 6.07 Å². The maximum Gasteiger partial charge on any atom is 0.196 e. The van der Waals surface area contributed by atoms with Crippen molar-refractivity contribution >= 4 is 32.1 Å². The molecule has 0 aliphatic carbocycles. The molecule has 3 heterocycles. The van der Waals surface area contributed by atoms with Gasteiger partial charge < -0.3 is 15.2 Å². The number of para-hydroxylation sites is 1. The summed E-state index contributed by atoms with van der Waals surface area (Å²) in [7, 11) is -3.71. The molecule has 0 radical (unpaired) electrons. The maximum absolute atomic E-state index is 14.2. The number of aryl methyl sites for hydroxylation is 1. The number of fused-ring (bicyclic) bond motifs is 2. The minimum atomic E-state index is -3.71. The maximum atomic E-state index is 14.2. The molecule has 6 rings (SSSR count). The summed E-state index contributed by atoms with van der Waals surface area (Å²) in [5.41, 5.74) is 4.96. The van der Waals surface area contributed by atoms with Crippen molar-refractivity contribution in [3.63, 3.8) is 0 Å². The third-order valence-electron chi connectivity index (χ3n) is 7.64. The molecule has 2 N–H and O–H groups in total. The summed E-state index contributed by atoms with van der Waals surface area (Å²) >= 11 is 0. The quantitative estimate of drug-likeness (QED) is 0.413. The number of sulfone groups is 1. The van der Waals surface area contributed by atoms with Crippen molar-refractivity contribution in [2.45, 2.75) is 29.2 Å². The minimum absolute atomic E-state index is 0.241. The van der Waals surface area contributed by atoms with Gasteiger partial charge in [-0.05, 0) is 66.9 Å². The molecule has 1 aromatic heterocycles. The van der Waals surface area contributed by atoms with Crippen LogP contribution in [0.25, 0.3) is 10.9 Å². The molecule has 3 aromatic carbocycles. The highest BCUT2D eigenvalue weighted by Crippen LogP contribution is 2.33. The van der Waals surface area contributed by atoms with Gasteiger partial charge >= 0.3 is 0 Å². The smallest absolute Gasteiger partial charge is 0.196 e. The Morgan fingerprint density at radius 2 is 1.70 bits per heavy atom. The zero-order valence-electron chi connectivity index (χ0n) is 20.5. The lowest BCUT2D eigenvalue weighted by molar-refractivity contribution is 0.212. The average Bonchev–Trinajstić information content (AvgIpc) is 3.43. The summed E-state index contributed by atoms with van der Waals surface area (Å²) < 4.78 is 28.3. The molecule has 2 aliphatic heterocycles. The molecular weight excluding hydrogens is 482 g/mol. The van der Waals surface area contributed by atoms with Crippen LogP contribution < -0.4 is 10.2 Å². The SMILES string of the molecule is N#Cc1ccc(S(=O)(=O)C(C2CCc3ccccc3N2)N2CCN(c3cccc4[nH]ccc34)CC2)cc1. The number of hydrogen-bond donors (Lipinski definition) is 2. The number of anilines is 2. The number of nitrogens with one attached hydrogen (secondary N) is 2. The molecule has 0 spiro atoms. The van der Waals surface area contributed by atoms with Crippen LogP contribution in [0.4, 0.5) is 11.4 Å². The third-order valence-corrected chi connectivity index (χ3v) is 9.84. The number of rotatable bonds is 5. The van der Waals surface area contributed by atoms with Crippen molar-refractivity contribution in [1.29, 1.82) is 5.26 Å². The first-order valence-corrected chi connectivity index (χ1v) is 14.2. The highest BCUT2D eigenvalue weighted by atomic mass is 32.2. The van der Waals surface area contributed by atoms with Gasteiger partial charge in [-0.1, -0.05) is 24.3 Å². The molecule has 0 bridgehead atoms. The summed E-state index contributed by atoms with van der Waals surface area (Å²) in [6.07, 6.45) is 3.53. The predicted molar refractivity (Wildman–Crippen MR) is 146 cm³/mol. The van der Waals surface area contributed by atoms with Crippen molar-refractivity contribution in [2.24, 2.45) is 0 Å². The van der Waals surface area contributed by atoms with Gasteiger partial charge in [0.1, 0.15) is 5.37 Å². The lowest BCUT2D eigenvalue weighted by Crippen LogP contribution is -2.58. The van der Waals surface area contributed by atoms with E-state index in [0.717, 1.165) is 37.1 Å². The summed E-state index contributed by atoms with van der Waals surface area (Å²) in [5.74, 6) is 0. The Kier molecular flexibility index (Phi) is 6.11. The van der Waals surface area contributed by atoms with Gasteiger partial charge in [0.15, 0.2) is 9.84 Å². The molecule has 188 valence electrons. The summed E-state index contributed by atoms with van der Waals surface area (Å²) in [6, 6.07) is 24.6. The van der Waals surface area contributed by atoms with Gasteiger partial charge in [0.2, 0.25) is 0 Å². The molecule has 2 atom stereocenters. The Labute approximate surface area is 217 Å². The van der Waals surface area contributed by atoms with E-state index in [1.165, 1.54) is 16.6 Å². The number of aromatic amines is 1. The van der Waals surface area contributed by atoms with Crippen molar-refractivity contribution in [3.05, 3.63) is 90.1 Å². The largest absolute Gasteiger partial charge is 0.379 e. The molecule has 1 saturated heterocycles. The highest BCUT2D eigenvalue weighted by Gasteiger charge is 2.41. The highest BCUT2D eigenvalue weighted by molar-refractivity contribution is 7.92. The van der Waals surface area contributed by atoms with Crippen LogP contribution in [0.2, 0.25) is 0 Å². The topological polar surface area (TPSA) is 92.2 Å². The fraction of sp³-hybridized carbons (Fsp3) is 0.276. The monoisotopic (exact) mass is 511 g/mol. The molecule has 1 fully saturated rings. The zero-order valence-corrected chi connectivity index (χ0v) is 21.3. The van der Waals surface area contributed by atoms with Crippen LogP contribution in [-0.2, 0) is 16.3 Å². The fourth-order valence-corrected chi connectivity index (χ4v) is 7.80. The molecule has 8 heteroatoms. The summed E-state index contributed by atoms with van der Waals surface area (Å²) in [6.45, 7) is 2.77. The van der Waals surface area contributed by atoms with E-state index in [0.29, 0.717) is 18.7 Å². The number of piperazine rings is 1. The van der Waals surface area contributed by atoms with E-state index in [4.69, 9.17) is 0 Å². The molecule has 7 nitrogen and oxygen atoms in total. The van der Waals surface area contributed by atoms with Crippen molar-refractivity contribution in [1.82, 2.24) is 9.88 Å². The molecule has 2 aliphatic rings. The van der Waals surface area contributed by atoms with Gasteiger partial charge in [-0.2, -0.15) is 5.26 Å². The van der Waals surface area contributed by atoms with Gasteiger partial charge in [-0.25, -0.2) is 8.42 Å². The average molecular weight is 512 g/mol. The van der Waals surface area contributed by atoms with Gasteiger partial charge in [0.05, 0.1) is 22.6 Å². The van der Waals surface area contributed by atoms with Gasteiger partial charge in [0.25, 0.3) is 0 Å². The normalized spacial score (nSPS) is 19.1. The number of hydrogen-bond acceptors (Lipinski definition) is 6. The number of benzene rings is 3. The number of aromatic nitrogens is 1. The molecule has 0 amide bonds. The Bertz CT molecular complexity index is 1560. The van der Waals surface area contributed by atoms with Crippen LogP contribution >= 0.6 is 0 Å². The Balaban J connectivity index is 1.30. The third kappa shape index (κ3) is 4.35. The summed E-state index contributed by atoms with van der Waals surface area (Å²) in [5, 5.41) is 13.2. The molecule has 2 unspecified atom stereocenters. The first kappa shape index (κ1) is 23.6. The fourth-order valence-electron chi connectivity index (χ4n) is 5.76. The van der Waals surface area contributed by atoms with E-state index in [1.54, 1.807) is 24.3 Å². The second kappa shape index (κ2) is 9.58. The van der Waals surface area contributed by atoms with Gasteiger partial charge in [-0.15, -0.1) is 0 Å². The van der Waals surface area contributed by atoms with Crippen LogP contribution in [0, 0.1) is 11.3 Å². The standard InChI is InChI=1S/C29H29N5O2S/c30-20-21-8-11-23(12-9-21)37(35,36)29(27-13-10-22-4-1-2-5-25(22)32-27)34-18-16-33(17-19-34)28-7-3-6-26-24(28)14-15-31-26/h1-9,11-12,14-15,27,29,31-32H,10,13,16-19H2. The molecular formula is C29H29N5O2S. The number of nitriles is 1. The number of nitrogens with zero attached hydrogens (tertiary/aromatic N) is 3. The second-order valence-electron chi connectivity index (χ2n) is 9.76. The zero-order chi connectivity index (χ0) is 25.4. The first-order valence-electron chi connectivity index (χ1n) is 12.7. The van der Waals surface area contributed by atoms with E-state index in [-0.39, 0.29) is 10.9 Å². The van der Waals surface area contributed by atoms with Crippen LogP contribution in [0.3, 0.4) is 0 Å². The predicted octanol–water partition coefficient (Wildman–Crippen LogP) is 4.39. The minimum Gasteiger partial charge on any atom is -0.379 e. The van der Waals surface area contributed by atoms with E-state index >= 15 is 0 Å². The Morgan fingerprint density at radius 3 is 2.49 bits per heavy atom. The van der Waals surface area contributed by atoms with Crippen LogP contribution in [0.15, 0.2) is 83.9 Å². The van der Waals surface area contributed by atoms with Crippen molar-refractivity contribution in [2.75, 3.05) is 36.4 Å². The van der Waals surface area contributed by atoms with Gasteiger partial charge in [0, 0.05) is 54.7 Å². The lowest BCUT2D eigenvalue weighted by atomic mass is 9.97. The number of H-pyrrole nitrogens is 1.